The van der Waals surface area contributed by atoms with Gasteiger partial charge in [-0.2, -0.15) is 0 Å². The maximum Gasteiger partial charge on any atom is 0.239 e. The minimum absolute atomic E-state index is 0. The molecule has 2 rings (SSSR count). The van der Waals surface area contributed by atoms with Crippen molar-refractivity contribution in [3.63, 3.8) is 0 Å². The highest BCUT2D eigenvalue weighted by molar-refractivity contribution is 5.85. The van der Waals surface area contributed by atoms with Crippen LogP contribution in [0.5, 0.6) is 0 Å². The molecule has 3 unspecified atom stereocenters. The molecule has 2 saturated heterocycles. The van der Waals surface area contributed by atoms with Crippen molar-refractivity contribution in [1.82, 2.24) is 9.80 Å². The number of halogens is 2. The number of morpholine rings is 1. The number of ether oxygens (including phenoxy) is 1. The highest BCUT2D eigenvalue weighted by Crippen LogP contribution is 2.23. The molecule has 2 aliphatic heterocycles. The molecule has 1 amide bonds. The van der Waals surface area contributed by atoms with Crippen LogP contribution in [0.15, 0.2) is 0 Å². The van der Waals surface area contributed by atoms with Gasteiger partial charge in [0.1, 0.15) is 0 Å². The van der Waals surface area contributed by atoms with Gasteiger partial charge in [0, 0.05) is 32.2 Å². The average Bonchev–Trinajstić information content (AvgIpc) is 2.46. The number of rotatable bonds is 3. The van der Waals surface area contributed by atoms with E-state index in [1.807, 2.05) is 11.8 Å². The van der Waals surface area contributed by atoms with Gasteiger partial charge in [0.2, 0.25) is 5.91 Å². The van der Waals surface area contributed by atoms with Crippen molar-refractivity contribution in [2.75, 3.05) is 39.4 Å². The number of hydrogen-bond acceptors (Lipinski definition) is 4. The van der Waals surface area contributed by atoms with Gasteiger partial charge in [-0.3, -0.25) is 9.69 Å². The molecule has 2 aliphatic rings. The first-order valence-corrected chi connectivity index (χ1v) is 7.45. The molecular weight excluding hydrogens is 313 g/mol. The first-order valence-electron chi connectivity index (χ1n) is 7.45. The van der Waals surface area contributed by atoms with Crippen LogP contribution < -0.4 is 5.73 Å². The van der Waals surface area contributed by atoms with Crippen molar-refractivity contribution in [2.24, 2.45) is 11.7 Å². The van der Waals surface area contributed by atoms with E-state index in [-0.39, 0.29) is 42.8 Å². The molecule has 126 valence electrons. The molecule has 0 bridgehead atoms. The second-order valence-corrected chi connectivity index (χ2v) is 5.88. The summed E-state index contributed by atoms with van der Waals surface area (Å²) in [7, 11) is 0. The Morgan fingerprint density at radius 2 is 1.90 bits per heavy atom. The lowest BCUT2D eigenvalue weighted by Crippen LogP contribution is -2.56. The zero-order chi connectivity index (χ0) is 13.8. The number of piperidine rings is 1. The van der Waals surface area contributed by atoms with Crippen LogP contribution in [0.1, 0.15) is 26.7 Å². The molecule has 0 aromatic heterocycles. The Balaban J connectivity index is 0.00000200. The molecule has 0 saturated carbocycles. The van der Waals surface area contributed by atoms with E-state index in [2.05, 4.69) is 11.8 Å². The second-order valence-electron chi connectivity index (χ2n) is 5.88. The molecule has 5 nitrogen and oxygen atoms in total. The topological polar surface area (TPSA) is 58.8 Å². The molecule has 2 fully saturated rings. The number of carbonyl (C=O) groups excluding carboxylic acids is 1. The second kappa shape index (κ2) is 9.85. The summed E-state index contributed by atoms with van der Waals surface area (Å²) in [5.41, 5.74) is 5.84. The van der Waals surface area contributed by atoms with Crippen LogP contribution in [-0.4, -0.2) is 67.2 Å². The molecule has 0 aliphatic carbocycles. The zero-order valence-corrected chi connectivity index (χ0v) is 14.6. The van der Waals surface area contributed by atoms with Crippen LogP contribution in [0.3, 0.4) is 0 Å². The molecule has 2 N–H and O–H groups in total. The Morgan fingerprint density at radius 3 is 2.48 bits per heavy atom. The summed E-state index contributed by atoms with van der Waals surface area (Å²) in [6.07, 6.45) is 2.14. The Bertz CT molecular complexity index is 315. The third-order valence-corrected chi connectivity index (χ3v) is 4.48. The lowest BCUT2D eigenvalue weighted by molar-refractivity contribution is -0.142. The summed E-state index contributed by atoms with van der Waals surface area (Å²) in [6.45, 7) is 8.86. The van der Waals surface area contributed by atoms with Crippen LogP contribution in [0.4, 0.5) is 0 Å². The fourth-order valence-electron chi connectivity index (χ4n) is 3.13. The van der Waals surface area contributed by atoms with E-state index >= 15 is 0 Å². The van der Waals surface area contributed by atoms with Gasteiger partial charge in [0.05, 0.1) is 19.3 Å². The molecule has 0 aromatic rings. The maximum absolute atomic E-state index is 12.7. The molecule has 0 radical (unpaired) electrons. The number of likely N-dealkylation sites (tertiary alicyclic amines) is 1. The normalized spacial score (nSPS) is 28.2. The summed E-state index contributed by atoms with van der Waals surface area (Å²) >= 11 is 0. The first kappa shape index (κ1) is 20.9. The van der Waals surface area contributed by atoms with Gasteiger partial charge in [-0.05, 0) is 25.7 Å². The molecule has 2 heterocycles. The summed E-state index contributed by atoms with van der Waals surface area (Å²) in [6, 6.07) is 0.172. The van der Waals surface area contributed by atoms with Crippen LogP contribution in [0, 0.1) is 5.92 Å². The lowest BCUT2D eigenvalue weighted by atomic mass is 9.92. The minimum atomic E-state index is -0.0497. The minimum Gasteiger partial charge on any atom is -0.379 e. The van der Waals surface area contributed by atoms with Crippen molar-refractivity contribution in [1.29, 1.82) is 0 Å². The summed E-state index contributed by atoms with van der Waals surface area (Å²) < 4.78 is 5.34. The van der Waals surface area contributed by atoms with Crippen LogP contribution in [-0.2, 0) is 9.53 Å². The van der Waals surface area contributed by atoms with E-state index < -0.39 is 0 Å². The van der Waals surface area contributed by atoms with E-state index in [0.717, 1.165) is 45.7 Å². The van der Waals surface area contributed by atoms with Crippen LogP contribution in [0.25, 0.3) is 0 Å². The van der Waals surface area contributed by atoms with Crippen molar-refractivity contribution in [2.45, 2.75) is 38.8 Å². The van der Waals surface area contributed by atoms with Crippen LogP contribution in [0.2, 0.25) is 0 Å². The fourth-order valence-corrected chi connectivity index (χ4v) is 3.13. The number of amides is 1. The van der Waals surface area contributed by atoms with E-state index in [9.17, 15) is 4.79 Å². The van der Waals surface area contributed by atoms with E-state index in [0.29, 0.717) is 12.5 Å². The predicted molar refractivity (Wildman–Crippen MR) is 89.3 cm³/mol. The van der Waals surface area contributed by atoms with E-state index in [1.54, 1.807) is 0 Å². The van der Waals surface area contributed by atoms with Gasteiger partial charge in [0.25, 0.3) is 0 Å². The number of carbonyl (C=O) groups is 1. The van der Waals surface area contributed by atoms with Gasteiger partial charge in [-0.1, -0.05) is 6.92 Å². The van der Waals surface area contributed by atoms with Gasteiger partial charge >= 0.3 is 0 Å². The monoisotopic (exact) mass is 341 g/mol. The van der Waals surface area contributed by atoms with Crippen molar-refractivity contribution in [3.8, 4) is 0 Å². The largest absolute Gasteiger partial charge is 0.379 e. The summed E-state index contributed by atoms with van der Waals surface area (Å²) in [5.74, 6) is 0.917. The average molecular weight is 342 g/mol. The summed E-state index contributed by atoms with van der Waals surface area (Å²) in [4.78, 5) is 16.9. The van der Waals surface area contributed by atoms with Crippen LogP contribution >= 0.6 is 24.8 Å². The highest BCUT2D eigenvalue weighted by Gasteiger charge is 2.33. The fraction of sp³-hybridized carbons (Fsp3) is 0.929. The smallest absolute Gasteiger partial charge is 0.239 e. The quantitative estimate of drug-likeness (QED) is 0.836. The van der Waals surface area contributed by atoms with Gasteiger partial charge < -0.3 is 15.4 Å². The third-order valence-electron chi connectivity index (χ3n) is 4.48. The van der Waals surface area contributed by atoms with E-state index in [1.165, 1.54) is 0 Å². The van der Waals surface area contributed by atoms with Gasteiger partial charge in [0.15, 0.2) is 0 Å². The lowest BCUT2D eigenvalue weighted by Gasteiger charge is -2.41. The molecule has 3 atom stereocenters. The van der Waals surface area contributed by atoms with Crippen molar-refractivity contribution >= 4 is 30.7 Å². The van der Waals surface area contributed by atoms with Crippen molar-refractivity contribution in [3.05, 3.63) is 0 Å². The molecule has 0 spiro atoms. The Kier molecular flexibility index (Phi) is 9.81. The predicted octanol–water partition coefficient (Wildman–Crippen LogP) is 1.14. The summed E-state index contributed by atoms with van der Waals surface area (Å²) in [5, 5.41) is 0. The molecule has 7 heteroatoms. The Morgan fingerprint density at radius 1 is 1.29 bits per heavy atom. The number of nitrogens with zero attached hydrogens (tertiary/aromatic N) is 2. The molecule has 0 aromatic carbocycles. The highest BCUT2D eigenvalue weighted by atomic mass is 35.5. The zero-order valence-electron chi connectivity index (χ0n) is 13.0. The third kappa shape index (κ3) is 5.25. The maximum atomic E-state index is 12.7. The number of nitrogens with two attached hydrogens (primary N) is 1. The molecular formula is C14H29Cl2N3O2. The molecule has 21 heavy (non-hydrogen) atoms. The van der Waals surface area contributed by atoms with E-state index in [4.69, 9.17) is 10.5 Å². The van der Waals surface area contributed by atoms with Gasteiger partial charge in [-0.15, -0.1) is 24.8 Å². The van der Waals surface area contributed by atoms with Gasteiger partial charge in [-0.25, -0.2) is 0 Å². The standard InChI is InChI=1S/C14H27N3O2.2ClH/c1-11-3-4-17(13(9-11)10-15)14(18)12(2)16-5-7-19-8-6-16;;/h11-13H,3-10,15H2,1-2H3;2*1H. The Labute approximate surface area is 140 Å². The Hall–Kier alpha value is -0.0700. The number of hydrogen-bond donors (Lipinski definition) is 1. The first-order chi connectivity index (χ1) is 9.13. The SMILES string of the molecule is CC1CCN(C(=O)C(C)N2CCOCC2)C(CN)C1.Cl.Cl. The van der Waals surface area contributed by atoms with Crippen molar-refractivity contribution < 1.29 is 9.53 Å².